The van der Waals surface area contributed by atoms with Crippen molar-refractivity contribution in [2.24, 2.45) is 0 Å². The van der Waals surface area contributed by atoms with Crippen molar-refractivity contribution in [2.45, 2.75) is 110 Å². The average Bonchev–Trinajstić information content (AvgIpc) is 2.45. The zero-order valence-corrected chi connectivity index (χ0v) is 16.2. The van der Waals surface area contributed by atoms with Gasteiger partial charge in [-0.3, -0.25) is 0 Å². The van der Waals surface area contributed by atoms with Crippen molar-refractivity contribution in [2.75, 3.05) is 6.54 Å². The molecule has 4 heteroatoms. The predicted molar refractivity (Wildman–Crippen MR) is 96.8 cm³/mol. The first-order valence-electron chi connectivity index (χ1n) is 9.52. The Labute approximate surface area is 143 Å². The van der Waals surface area contributed by atoms with Gasteiger partial charge >= 0.3 is 6.09 Å². The Morgan fingerprint density at radius 2 is 2.00 bits per heavy atom. The Balaban J connectivity index is 2.58. The van der Waals surface area contributed by atoms with Crippen molar-refractivity contribution in [1.82, 2.24) is 10.2 Å². The van der Waals surface area contributed by atoms with Gasteiger partial charge in [0.05, 0.1) is 0 Å². The highest BCUT2D eigenvalue weighted by molar-refractivity contribution is 5.68. The number of nitrogens with zero attached hydrogens (tertiary/aromatic N) is 1. The number of carbonyl (C=O) groups excluding carboxylic acids is 1. The van der Waals surface area contributed by atoms with Crippen LogP contribution in [-0.2, 0) is 4.74 Å². The van der Waals surface area contributed by atoms with Crippen LogP contribution in [0.25, 0.3) is 0 Å². The zero-order chi connectivity index (χ0) is 17.5. The topological polar surface area (TPSA) is 41.6 Å². The van der Waals surface area contributed by atoms with Gasteiger partial charge in [-0.05, 0) is 66.2 Å². The van der Waals surface area contributed by atoms with Gasteiger partial charge in [-0.1, -0.05) is 20.3 Å². The van der Waals surface area contributed by atoms with E-state index < -0.39 is 5.60 Å². The predicted octanol–water partition coefficient (Wildman–Crippen LogP) is 4.72. The first kappa shape index (κ1) is 20.3. The van der Waals surface area contributed by atoms with Gasteiger partial charge in [-0.25, -0.2) is 4.79 Å². The molecule has 23 heavy (non-hydrogen) atoms. The molecule has 1 N–H and O–H groups in total. The molecule has 0 aromatic rings. The van der Waals surface area contributed by atoms with Crippen LogP contribution in [0.1, 0.15) is 86.5 Å². The molecule has 136 valence electrons. The highest BCUT2D eigenvalue weighted by atomic mass is 16.6. The maximum absolute atomic E-state index is 12.5. The lowest BCUT2D eigenvalue weighted by molar-refractivity contribution is 0.00776. The van der Waals surface area contributed by atoms with E-state index in [2.05, 4.69) is 26.1 Å². The summed E-state index contributed by atoms with van der Waals surface area (Å²) < 4.78 is 5.60. The second kappa shape index (κ2) is 9.51. The molecule has 0 aliphatic carbocycles. The molecule has 1 saturated heterocycles. The van der Waals surface area contributed by atoms with Crippen LogP contribution >= 0.6 is 0 Å². The summed E-state index contributed by atoms with van der Waals surface area (Å²) in [4.78, 5) is 14.4. The number of nitrogens with one attached hydrogen (secondary N) is 1. The first-order chi connectivity index (χ1) is 10.8. The van der Waals surface area contributed by atoms with Gasteiger partial charge in [0.25, 0.3) is 0 Å². The average molecular weight is 327 g/mol. The second-order valence-corrected chi connectivity index (χ2v) is 8.02. The van der Waals surface area contributed by atoms with E-state index in [0.717, 1.165) is 25.8 Å². The van der Waals surface area contributed by atoms with Crippen molar-refractivity contribution in [3.63, 3.8) is 0 Å². The first-order valence-corrected chi connectivity index (χ1v) is 9.52. The van der Waals surface area contributed by atoms with Gasteiger partial charge < -0.3 is 15.0 Å². The normalized spacial score (nSPS) is 21.8. The van der Waals surface area contributed by atoms with Crippen LogP contribution in [0, 0.1) is 0 Å². The molecule has 1 rings (SSSR count). The van der Waals surface area contributed by atoms with E-state index in [9.17, 15) is 4.79 Å². The number of ether oxygens (including phenoxy) is 1. The summed E-state index contributed by atoms with van der Waals surface area (Å²) in [6, 6.07) is 1.33. The second-order valence-electron chi connectivity index (χ2n) is 8.02. The minimum atomic E-state index is -0.419. The lowest BCUT2D eigenvalue weighted by Crippen LogP contribution is -2.49. The van der Waals surface area contributed by atoms with Crippen LogP contribution in [0.15, 0.2) is 0 Å². The fourth-order valence-electron chi connectivity index (χ4n) is 3.44. The Morgan fingerprint density at radius 1 is 1.30 bits per heavy atom. The third-order valence-corrected chi connectivity index (χ3v) is 4.53. The van der Waals surface area contributed by atoms with Gasteiger partial charge in [0.1, 0.15) is 5.60 Å². The van der Waals surface area contributed by atoms with Crippen molar-refractivity contribution in [3.8, 4) is 0 Å². The van der Waals surface area contributed by atoms with E-state index in [0.29, 0.717) is 18.1 Å². The summed E-state index contributed by atoms with van der Waals surface area (Å²) in [5.74, 6) is 0. The number of amides is 1. The van der Waals surface area contributed by atoms with E-state index in [1.165, 1.54) is 25.7 Å². The number of rotatable bonds is 7. The van der Waals surface area contributed by atoms with Gasteiger partial charge in [0.2, 0.25) is 0 Å². The molecule has 3 atom stereocenters. The van der Waals surface area contributed by atoms with E-state index >= 15 is 0 Å². The summed E-state index contributed by atoms with van der Waals surface area (Å²) in [6.07, 6.45) is 7.87. The lowest BCUT2D eigenvalue weighted by Gasteiger charge is -2.38. The largest absolute Gasteiger partial charge is 0.444 e. The molecular formula is C19H38N2O2. The molecule has 0 saturated carbocycles. The molecule has 0 aromatic carbocycles. The van der Waals surface area contributed by atoms with Gasteiger partial charge in [0.15, 0.2) is 0 Å². The van der Waals surface area contributed by atoms with Crippen LogP contribution in [-0.4, -0.2) is 41.3 Å². The number of hydrogen-bond acceptors (Lipinski definition) is 3. The van der Waals surface area contributed by atoms with E-state index in [1.54, 1.807) is 0 Å². The van der Waals surface area contributed by atoms with Gasteiger partial charge in [-0.2, -0.15) is 0 Å². The Morgan fingerprint density at radius 3 is 2.57 bits per heavy atom. The van der Waals surface area contributed by atoms with Gasteiger partial charge in [-0.15, -0.1) is 0 Å². The minimum Gasteiger partial charge on any atom is -0.444 e. The van der Waals surface area contributed by atoms with Crippen LogP contribution in [0.4, 0.5) is 4.79 Å². The van der Waals surface area contributed by atoms with Crippen molar-refractivity contribution in [1.29, 1.82) is 0 Å². The van der Waals surface area contributed by atoms with Crippen molar-refractivity contribution >= 4 is 6.09 Å². The Hall–Kier alpha value is -0.770. The van der Waals surface area contributed by atoms with E-state index in [4.69, 9.17) is 4.74 Å². The summed E-state index contributed by atoms with van der Waals surface area (Å²) in [5, 5.41) is 3.74. The van der Waals surface area contributed by atoms with Crippen LogP contribution in [0.2, 0.25) is 0 Å². The third kappa shape index (κ3) is 7.56. The number of hydrogen-bond donors (Lipinski definition) is 1. The molecule has 1 heterocycles. The van der Waals surface area contributed by atoms with E-state index in [1.807, 2.05) is 25.7 Å². The maximum atomic E-state index is 12.5. The lowest BCUT2D eigenvalue weighted by atomic mass is 9.96. The van der Waals surface area contributed by atoms with E-state index in [-0.39, 0.29) is 6.09 Å². The molecule has 1 aliphatic rings. The van der Waals surface area contributed by atoms with Crippen LogP contribution < -0.4 is 5.32 Å². The monoisotopic (exact) mass is 326 g/mol. The zero-order valence-electron chi connectivity index (χ0n) is 16.2. The summed E-state index contributed by atoms with van der Waals surface area (Å²) >= 11 is 0. The Bertz CT molecular complexity index is 352. The Kier molecular flexibility index (Phi) is 8.38. The fraction of sp³-hybridized carbons (Fsp3) is 0.947. The molecule has 3 unspecified atom stereocenters. The molecule has 0 radical (unpaired) electrons. The summed E-state index contributed by atoms with van der Waals surface area (Å²) in [6.45, 7) is 13.4. The molecule has 0 bridgehead atoms. The number of likely N-dealkylation sites (tertiary alicyclic amines) is 1. The molecule has 1 aliphatic heterocycles. The standard InChI is InChI=1S/C19H38N2O2/c1-7-11-16(8-2)20-15(3)14-17-12-9-10-13-21(17)18(22)23-19(4,5)6/h15-17,20H,7-14H2,1-6H3. The maximum Gasteiger partial charge on any atom is 0.410 e. The van der Waals surface area contributed by atoms with Crippen LogP contribution in [0.5, 0.6) is 0 Å². The molecule has 1 amide bonds. The summed E-state index contributed by atoms with van der Waals surface area (Å²) in [5.41, 5.74) is -0.419. The van der Waals surface area contributed by atoms with Gasteiger partial charge in [0, 0.05) is 24.7 Å². The number of piperidine rings is 1. The molecule has 1 fully saturated rings. The molecular weight excluding hydrogens is 288 g/mol. The quantitative estimate of drug-likeness (QED) is 0.736. The molecule has 0 spiro atoms. The summed E-state index contributed by atoms with van der Waals surface area (Å²) in [7, 11) is 0. The molecule has 4 nitrogen and oxygen atoms in total. The molecule has 0 aromatic heterocycles. The van der Waals surface area contributed by atoms with Crippen LogP contribution in [0.3, 0.4) is 0 Å². The van der Waals surface area contributed by atoms with Crippen molar-refractivity contribution < 1.29 is 9.53 Å². The highest BCUT2D eigenvalue weighted by Gasteiger charge is 2.31. The number of carbonyl (C=O) groups is 1. The third-order valence-electron chi connectivity index (χ3n) is 4.53. The SMILES string of the molecule is CCCC(CC)NC(C)CC1CCCCN1C(=O)OC(C)(C)C. The smallest absolute Gasteiger partial charge is 0.410 e. The fourth-order valence-corrected chi connectivity index (χ4v) is 3.44. The highest BCUT2D eigenvalue weighted by Crippen LogP contribution is 2.23. The van der Waals surface area contributed by atoms with Crippen molar-refractivity contribution in [3.05, 3.63) is 0 Å². The minimum absolute atomic E-state index is 0.144.